The number of benzene rings is 2. The first-order valence-electron chi connectivity index (χ1n) is 9.77. The van der Waals surface area contributed by atoms with Crippen molar-refractivity contribution in [3.8, 4) is 11.1 Å². The van der Waals surface area contributed by atoms with Crippen molar-refractivity contribution in [2.45, 2.75) is 45.3 Å². The first-order chi connectivity index (χ1) is 13.4. The Kier molecular flexibility index (Phi) is 6.15. The van der Waals surface area contributed by atoms with Gasteiger partial charge in [-0.3, -0.25) is 9.69 Å². The summed E-state index contributed by atoms with van der Waals surface area (Å²) in [6, 6.07) is 15.3. The van der Waals surface area contributed by atoms with Crippen LogP contribution in [0.4, 0.5) is 10.5 Å². The van der Waals surface area contributed by atoms with Gasteiger partial charge in [0.15, 0.2) is 6.29 Å². The molecule has 5 nitrogen and oxygen atoms in total. The molecule has 0 spiro atoms. The molecule has 1 heterocycles. The highest BCUT2D eigenvalue weighted by molar-refractivity contribution is 6.01. The molecule has 5 heteroatoms. The molecule has 28 heavy (non-hydrogen) atoms. The van der Waals surface area contributed by atoms with Gasteiger partial charge in [-0.2, -0.15) is 0 Å². The molecular weight excluding hydrogens is 352 g/mol. The monoisotopic (exact) mass is 380 g/mol. The number of anilines is 1. The molecule has 0 saturated carbocycles. The summed E-state index contributed by atoms with van der Waals surface area (Å²) in [4.78, 5) is 26.9. The molecule has 1 aliphatic heterocycles. The fraction of sp³-hybridized carbons (Fsp3) is 0.391. The molecule has 2 aromatic carbocycles. The van der Waals surface area contributed by atoms with Gasteiger partial charge in [-0.25, -0.2) is 4.79 Å². The Morgan fingerprint density at radius 2 is 1.89 bits per heavy atom. The topological polar surface area (TPSA) is 58.6 Å². The number of para-hydroxylation sites is 1. The average Bonchev–Trinajstić information content (AvgIpc) is 2.68. The lowest BCUT2D eigenvalue weighted by molar-refractivity contribution is 0.0560. The number of piperidine rings is 1. The van der Waals surface area contributed by atoms with Crippen LogP contribution in [0.25, 0.3) is 11.1 Å². The van der Waals surface area contributed by atoms with Crippen molar-refractivity contribution in [2.75, 3.05) is 18.0 Å². The van der Waals surface area contributed by atoms with E-state index in [1.54, 1.807) is 11.0 Å². The maximum atomic E-state index is 13.3. The molecular formula is C23H28N2O3. The molecule has 1 N–H and O–H groups in total. The van der Waals surface area contributed by atoms with Crippen LogP contribution in [0.3, 0.4) is 0 Å². The zero-order valence-electron chi connectivity index (χ0n) is 16.8. The Hall–Kier alpha value is -2.66. The highest BCUT2D eigenvalue weighted by Crippen LogP contribution is 2.36. The number of hydrogen-bond donors (Lipinski definition) is 1. The number of nitrogens with zero attached hydrogens (tertiary/aromatic N) is 1. The fourth-order valence-corrected chi connectivity index (χ4v) is 3.56. The van der Waals surface area contributed by atoms with Gasteiger partial charge in [0.2, 0.25) is 0 Å². The molecule has 1 amide bonds. The smallest absolute Gasteiger partial charge is 0.415 e. The summed E-state index contributed by atoms with van der Waals surface area (Å²) < 4.78 is 5.74. The van der Waals surface area contributed by atoms with Gasteiger partial charge in [0.05, 0.1) is 11.7 Å². The zero-order valence-corrected chi connectivity index (χ0v) is 16.8. The fourth-order valence-electron chi connectivity index (χ4n) is 3.56. The zero-order chi connectivity index (χ0) is 20.1. The predicted molar refractivity (Wildman–Crippen MR) is 112 cm³/mol. The molecule has 148 valence electrons. The largest absolute Gasteiger partial charge is 0.443 e. The number of amides is 1. The quantitative estimate of drug-likeness (QED) is 0.784. The molecule has 3 rings (SSSR count). The Morgan fingerprint density at radius 3 is 2.50 bits per heavy atom. The summed E-state index contributed by atoms with van der Waals surface area (Å²) in [5.74, 6) is 0. The highest BCUT2D eigenvalue weighted by Gasteiger charge is 2.33. The standard InChI is InChI=1S/C23H28N2O3/c1-23(2,3)28-22(27)25(19-12-8-14-24-15-19)21-18(16-26)11-7-13-20(21)17-9-5-4-6-10-17/h4-7,9-11,13,16,19,24H,8,12,14-15H2,1-3H3/t19-/m1/s1. The van der Waals surface area contributed by atoms with Crippen molar-refractivity contribution >= 4 is 18.1 Å². The number of ether oxygens (including phenoxy) is 1. The van der Waals surface area contributed by atoms with E-state index < -0.39 is 11.7 Å². The van der Waals surface area contributed by atoms with Crippen molar-refractivity contribution in [1.29, 1.82) is 0 Å². The van der Waals surface area contributed by atoms with E-state index in [1.165, 1.54) is 0 Å². The molecule has 0 bridgehead atoms. The summed E-state index contributed by atoms with van der Waals surface area (Å²) in [6.07, 6.45) is 2.21. The van der Waals surface area contributed by atoms with Crippen LogP contribution in [-0.4, -0.2) is 37.1 Å². The molecule has 1 aliphatic rings. The lowest BCUT2D eigenvalue weighted by atomic mass is 9.97. The average molecular weight is 380 g/mol. The first-order valence-corrected chi connectivity index (χ1v) is 9.77. The third-order valence-corrected chi connectivity index (χ3v) is 4.75. The van der Waals surface area contributed by atoms with Crippen LogP contribution >= 0.6 is 0 Å². The van der Waals surface area contributed by atoms with E-state index in [1.807, 2.05) is 63.2 Å². The summed E-state index contributed by atoms with van der Waals surface area (Å²) in [7, 11) is 0. The summed E-state index contributed by atoms with van der Waals surface area (Å²) in [5, 5.41) is 3.36. The van der Waals surface area contributed by atoms with Crippen LogP contribution < -0.4 is 10.2 Å². The van der Waals surface area contributed by atoms with Crippen LogP contribution in [0.5, 0.6) is 0 Å². The minimum atomic E-state index is -0.625. The van der Waals surface area contributed by atoms with Gasteiger partial charge < -0.3 is 10.1 Å². The molecule has 0 radical (unpaired) electrons. The molecule has 0 aliphatic carbocycles. The van der Waals surface area contributed by atoms with Crippen LogP contribution in [0.15, 0.2) is 48.5 Å². The minimum Gasteiger partial charge on any atom is -0.443 e. The van der Waals surface area contributed by atoms with Gasteiger partial charge in [0.1, 0.15) is 5.60 Å². The molecule has 0 unspecified atom stereocenters. The molecule has 2 aromatic rings. The number of nitrogens with one attached hydrogen (secondary N) is 1. The predicted octanol–water partition coefficient (Wildman–Crippen LogP) is 4.66. The van der Waals surface area contributed by atoms with E-state index in [-0.39, 0.29) is 6.04 Å². The Morgan fingerprint density at radius 1 is 1.14 bits per heavy atom. The molecule has 0 aromatic heterocycles. The second-order valence-corrected chi connectivity index (χ2v) is 8.08. The lowest BCUT2D eigenvalue weighted by Crippen LogP contribution is -2.51. The Bertz CT molecular complexity index is 821. The first kappa shape index (κ1) is 20.1. The Balaban J connectivity index is 2.15. The van der Waals surface area contributed by atoms with Crippen molar-refractivity contribution in [1.82, 2.24) is 5.32 Å². The second kappa shape index (κ2) is 8.57. The maximum Gasteiger partial charge on any atom is 0.415 e. The summed E-state index contributed by atoms with van der Waals surface area (Å²) in [5.41, 5.74) is 2.28. The number of carbonyl (C=O) groups excluding carboxylic acids is 2. The molecule has 1 atom stereocenters. The maximum absolute atomic E-state index is 13.3. The van der Waals surface area contributed by atoms with Gasteiger partial charge in [-0.15, -0.1) is 0 Å². The van der Waals surface area contributed by atoms with E-state index in [0.717, 1.165) is 36.8 Å². The van der Waals surface area contributed by atoms with Gasteiger partial charge in [-0.05, 0) is 51.8 Å². The van der Waals surface area contributed by atoms with Crippen LogP contribution in [0.1, 0.15) is 44.0 Å². The highest BCUT2D eigenvalue weighted by atomic mass is 16.6. The van der Waals surface area contributed by atoms with Crippen LogP contribution in [0, 0.1) is 0 Å². The number of hydrogen-bond acceptors (Lipinski definition) is 4. The molecule has 1 saturated heterocycles. The van der Waals surface area contributed by atoms with Crippen molar-refractivity contribution in [3.05, 3.63) is 54.1 Å². The van der Waals surface area contributed by atoms with Gasteiger partial charge in [0, 0.05) is 17.7 Å². The van der Waals surface area contributed by atoms with Crippen LogP contribution in [-0.2, 0) is 4.74 Å². The minimum absolute atomic E-state index is 0.0767. The third-order valence-electron chi connectivity index (χ3n) is 4.75. The van der Waals surface area contributed by atoms with Crippen molar-refractivity contribution in [3.63, 3.8) is 0 Å². The third kappa shape index (κ3) is 4.60. The van der Waals surface area contributed by atoms with Gasteiger partial charge in [0.25, 0.3) is 0 Å². The van der Waals surface area contributed by atoms with E-state index in [2.05, 4.69) is 5.32 Å². The van der Waals surface area contributed by atoms with Crippen LogP contribution in [0.2, 0.25) is 0 Å². The van der Waals surface area contributed by atoms with Crippen molar-refractivity contribution < 1.29 is 14.3 Å². The SMILES string of the molecule is CC(C)(C)OC(=O)N(c1c(C=O)cccc1-c1ccccc1)[C@@H]1CCCNC1. The van der Waals surface area contributed by atoms with Crippen molar-refractivity contribution in [2.24, 2.45) is 0 Å². The normalized spacial score (nSPS) is 17.0. The summed E-state index contributed by atoms with van der Waals surface area (Å²) in [6.45, 7) is 7.16. The second-order valence-electron chi connectivity index (χ2n) is 8.08. The van der Waals surface area contributed by atoms with Gasteiger partial charge in [-0.1, -0.05) is 42.5 Å². The van der Waals surface area contributed by atoms with Gasteiger partial charge >= 0.3 is 6.09 Å². The molecule has 1 fully saturated rings. The Labute approximate surface area is 166 Å². The lowest BCUT2D eigenvalue weighted by Gasteiger charge is -2.37. The van der Waals surface area contributed by atoms with E-state index in [9.17, 15) is 9.59 Å². The number of carbonyl (C=O) groups is 2. The van der Waals surface area contributed by atoms with E-state index in [4.69, 9.17) is 4.74 Å². The number of rotatable bonds is 4. The number of aldehydes is 1. The van der Waals surface area contributed by atoms with E-state index >= 15 is 0 Å². The van der Waals surface area contributed by atoms with E-state index in [0.29, 0.717) is 17.8 Å². The summed E-state index contributed by atoms with van der Waals surface area (Å²) >= 11 is 0.